The van der Waals surface area contributed by atoms with Crippen LogP contribution < -0.4 is 19.7 Å². The van der Waals surface area contributed by atoms with Gasteiger partial charge >= 0.3 is 5.97 Å². The molecule has 1 aliphatic heterocycles. The topological polar surface area (TPSA) is 94.2 Å². The van der Waals surface area contributed by atoms with Gasteiger partial charge in [-0.2, -0.15) is 0 Å². The molecule has 178 valence electrons. The molecule has 2 amide bonds. The Morgan fingerprint density at radius 1 is 1.15 bits per heavy atom. The number of hydrogen-bond acceptors (Lipinski definition) is 7. The molecule has 0 aromatic heterocycles. The second-order valence-electron chi connectivity index (χ2n) is 6.66. The number of carbonyl (C=O) groups excluding carboxylic acids is 3. The summed E-state index contributed by atoms with van der Waals surface area (Å²) in [6.07, 6.45) is 1.32. The van der Waals surface area contributed by atoms with Crippen LogP contribution in [0, 0.1) is 0 Å². The van der Waals surface area contributed by atoms with E-state index in [1.165, 1.54) is 25.3 Å². The molecule has 12 heteroatoms. The van der Waals surface area contributed by atoms with Crippen molar-refractivity contribution in [2.24, 2.45) is 0 Å². The molecule has 1 N–H and O–H groups in total. The van der Waals surface area contributed by atoms with Gasteiger partial charge in [0.1, 0.15) is 5.57 Å². The second-order valence-corrected chi connectivity index (χ2v) is 8.24. The molecule has 1 heterocycles. The lowest BCUT2D eigenvalue weighted by Crippen LogP contribution is -2.54. The van der Waals surface area contributed by atoms with E-state index in [1.54, 1.807) is 25.1 Å². The number of carbonyl (C=O) groups is 3. The predicted octanol–water partition coefficient (Wildman–Crippen LogP) is 4.43. The molecule has 3 rings (SSSR count). The Morgan fingerprint density at radius 3 is 2.56 bits per heavy atom. The van der Waals surface area contributed by atoms with Crippen LogP contribution in [0.2, 0.25) is 15.1 Å². The Kier molecular flexibility index (Phi) is 8.37. The number of thiocarbonyl (C=S) groups is 1. The van der Waals surface area contributed by atoms with E-state index in [4.69, 9.17) is 56.5 Å². The maximum atomic E-state index is 13.3. The molecule has 1 aliphatic rings. The van der Waals surface area contributed by atoms with Gasteiger partial charge in [-0.3, -0.25) is 19.8 Å². The van der Waals surface area contributed by atoms with Crippen molar-refractivity contribution in [2.75, 3.05) is 25.2 Å². The number of benzene rings is 2. The summed E-state index contributed by atoms with van der Waals surface area (Å²) in [5.74, 6) is -1.70. The van der Waals surface area contributed by atoms with Crippen LogP contribution in [0.1, 0.15) is 12.5 Å². The molecule has 34 heavy (non-hydrogen) atoms. The van der Waals surface area contributed by atoms with Crippen LogP contribution in [0.5, 0.6) is 11.5 Å². The number of hydrogen-bond donors (Lipinski definition) is 1. The first-order valence-electron chi connectivity index (χ1n) is 9.69. The van der Waals surface area contributed by atoms with Crippen LogP contribution in [0.15, 0.2) is 35.9 Å². The lowest BCUT2D eigenvalue weighted by atomic mass is 10.1. The Morgan fingerprint density at radius 2 is 1.88 bits per heavy atom. The number of nitrogens with zero attached hydrogens (tertiary/aromatic N) is 1. The summed E-state index contributed by atoms with van der Waals surface area (Å²) in [4.78, 5) is 38.4. The number of nitrogens with one attached hydrogen (secondary N) is 1. The van der Waals surface area contributed by atoms with E-state index in [9.17, 15) is 14.4 Å². The van der Waals surface area contributed by atoms with E-state index in [-0.39, 0.29) is 56.2 Å². The summed E-state index contributed by atoms with van der Waals surface area (Å²) in [7, 11) is 1.23. The minimum atomic E-state index is -0.710. The molecular formula is C22H17Cl3N2O6S. The Labute approximate surface area is 215 Å². The van der Waals surface area contributed by atoms with E-state index >= 15 is 0 Å². The minimum absolute atomic E-state index is 0.0932. The molecule has 8 nitrogen and oxygen atoms in total. The number of halogens is 3. The highest BCUT2D eigenvalue weighted by molar-refractivity contribution is 7.80. The first kappa shape index (κ1) is 25.8. The molecule has 1 saturated heterocycles. The quantitative estimate of drug-likeness (QED) is 0.239. The first-order chi connectivity index (χ1) is 16.2. The summed E-state index contributed by atoms with van der Waals surface area (Å²) in [6.45, 7) is 1.62. The number of esters is 1. The fourth-order valence-corrected chi connectivity index (χ4v) is 3.90. The summed E-state index contributed by atoms with van der Waals surface area (Å²) < 4.78 is 15.5. The highest BCUT2D eigenvalue weighted by Crippen LogP contribution is 2.38. The van der Waals surface area contributed by atoms with Gasteiger partial charge < -0.3 is 14.2 Å². The fourth-order valence-electron chi connectivity index (χ4n) is 2.97. The Hall–Kier alpha value is -2.85. The van der Waals surface area contributed by atoms with Crippen molar-refractivity contribution < 1.29 is 28.6 Å². The standard InChI is InChI=1S/C22H17Cl3N2O6S/c1-3-32-16-9-11(8-14(24)19(16)33-10-17(28)31-2)7-12-20(29)26-22(34)27(21(12)30)15-6-4-5-13(23)18(15)25/h4-9H,3,10H2,1-2H3,(H,26,29,34)/b12-7+. The van der Waals surface area contributed by atoms with Gasteiger partial charge in [0.2, 0.25) is 0 Å². The lowest BCUT2D eigenvalue weighted by Gasteiger charge is -2.29. The highest BCUT2D eigenvalue weighted by atomic mass is 35.5. The van der Waals surface area contributed by atoms with Crippen LogP contribution in [0.25, 0.3) is 6.08 Å². The van der Waals surface area contributed by atoms with Crippen LogP contribution >= 0.6 is 47.0 Å². The molecule has 0 unspecified atom stereocenters. The van der Waals surface area contributed by atoms with Crippen molar-refractivity contribution in [1.29, 1.82) is 0 Å². The zero-order valence-corrected chi connectivity index (χ0v) is 20.9. The number of methoxy groups -OCH3 is 1. The van der Waals surface area contributed by atoms with Crippen LogP contribution in [-0.4, -0.2) is 43.2 Å². The van der Waals surface area contributed by atoms with E-state index < -0.39 is 17.8 Å². The van der Waals surface area contributed by atoms with Gasteiger partial charge in [0, 0.05) is 0 Å². The van der Waals surface area contributed by atoms with Crippen molar-refractivity contribution in [1.82, 2.24) is 5.32 Å². The second kappa shape index (κ2) is 11.1. The number of ether oxygens (including phenoxy) is 3. The average molecular weight is 544 g/mol. The van der Waals surface area contributed by atoms with Crippen molar-refractivity contribution in [3.63, 3.8) is 0 Å². The van der Waals surface area contributed by atoms with Crippen molar-refractivity contribution in [3.05, 3.63) is 56.5 Å². The summed E-state index contributed by atoms with van der Waals surface area (Å²) in [5.41, 5.74) is 0.350. The smallest absolute Gasteiger partial charge is 0.343 e. The third-order valence-corrected chi connectivity index (χ3v) is 5.85. The van der Waals surface area contributed by atoms with Gasteiger partial charge in [-0.1, -0.05) is 40.9 Å². The van der Waals surface area contributed by atoms with Gasteiger partial charge in [-0.05, 0) is 55.0 Å². The van der Waals surface area contributed by atoms with Crippen LogP contribution in [0.4, 0.5) is 5.69 Å². The number of amides is 2. The molecule has 1 fully saturated rings. The largest absolute Gasteiger partial charge is 0.490 e. The van der Waals surface area contributed by atoms with E-state index in [0.29, 0.717) is 5.56 Å². The Balaban J connectivity index is 2.02. The SMILES string of the molecule is CCOc1cc(/C=C2\C(=O)NC(=S)N(c3cccc(Cl)c3Cl)C2=O)cc(Cl)c1OCC(=O)OC. The van der Waals surface area contributed by atoms with Gasteiger partial charge in [-0.25, -0.2) is 4.79 Å². The van der Waals surface area contributed by atoms with Crippen molar-refractivity contribution >= 4 is 81.7 Å². The zero-order chi connectivity index (χ0) is 25.0. The molecule has 0 bridgehead atoms. The van der Waals surface area contributed by atoms with E-state index in [0.717, 1.165) is 4.90 Å². The van der Waals surface area contributed by atoms with Gasteiger partial charge in [0.25, 0.3) is 11.8 Å². The molecule has 2 aromatic carbocycles. The molecule has 2 aromatic rings. The Bertz CT molecular complexity index is 1220. The van der Waals surface area contributed by atoms with Gasteiger partial charge in [0.05, 0.1) is 34.5 Å². The fraction of sp³-hybridized carbons (Fsp3) is 0.182. The van der Waals surface area contributed by atoms with Gasteiger partial charge in [0.15, 0.2) is 23.2 Å². The molecular weight excluding hydrogens is 527 g/mol. The monoisotopic (exact) mass is 542 g/mol. The molecule has 0 atom stereocenters. The third-order valence-electron chi connectivity index (χ3n) is 4.48. The highest BCUT2D eigenvalue weighted by Gasteiger charge is 2.35. The van der Waals surface area contributed by atoms with E-state index in [2.05, 4.69) is 10.1 Å². The maximum Gasteiger partial charge on any atom is 0.343 e. The van der Waals surface area contributed by atoms with Crippen LogP contribution in [-0.2, 0) is 19.1 Å². The normalized spacial score (nSPS) is 14.8. The summed E-state index contributed by atoms with van der Waals surface area (Å²) in [5, 5.41) is 2.73. The summed E-state index contributed by atoms with van der Waals surface area (Å²) in [6, 6.07) is 7.67. The molecule has 0 radical (unpaired) electrons. The lowest BCUT2D eigenvalue weighted by molar-refractivity contribution is -0.143. The minimum Gasteiger partial charge on any atom is -0.490 e. The van der Waals surface area contributed by atoms with Crippen molar-refractivity contribution in [2.45, 2.75) is 6.92 Å². The zero-order valence-electron chi connectivity index (χ0n) is 17.8. The molecule has 0 spiro atoms. The molecule has 0 aliphatic carbocycles. The predicted molar refractivity (Wildman–Crippen MR) is 133 cm³/mol. The van der Waals surface area contributed by atoms with Crippen molar-refractivity contribution in [3.8, 4) is 11.5 Å². The first-order valence-corrected chi connectivity index (χ1v) is 11.2. The van der Waals surface area contributed by atoms with Crippen LogP contribution in [0.3, 0.4) is 0 Å². The maximum absolute atomic E-state index is 13.3. The summed E-state index contributed by atoms with van der Waals surface area (Å²) >= 11 is 23.9. The number of rotatable bonds is 7. The van der Waals surface area contributed by atoms with E-state index in [1.807, 2.05) is 0 Å². The average Bonchev–Trinajstić information content (AvgIpc) is 2.78. The third kappa shape index (κ3) is 5.44. The molecule has 0 saturated carbocycles. The number of anilines is 1. The van der Waals surface area contributed by atoms with Gasteiger partial charge in [-0.15, -0.1) is 0 Å².